The molecule has 0 N–H and O–H groups in total. The third-order valence-corrected chi connectivity index (χ3v) is 1.32. The molecule has 0 radical (unpaired) electrons. The quantitative estimate of drug-likeness (QED) is 0.726. The van der Waals surface area contributed by atoms with Crippen molar-refractivity contribution in [2.45, 2.75) is 12.6 Å². The maximum absolute atomic E-state index is 12.3. The van der Waals surface area contributed by atoms with E-state index in [1.165, 1.54) is 18.5 Å². The van der Waals surface area contributed by atoms with Crippen molar-refractivity contribution in [3.63, 3.8) is 0 Å². The highest BCUT2D eigenvalue weighted by molar-refractivity contribution is 5.15. The monoisotopic (exact) mass is 191 g/mol. The van der Waals surface area contributed by atoms with Gasteiger partial charge in [0.15, 0.2) is 6.17 Å². The Morgan fingerprint density at radius 3 is 2.69 bits per heavy atom. The Morgan fingerprint density at radius 1 is 1.38 bits per heavy atom. The third kappa shape index (κ3) is 3.31. The first-order chi connectivity index (χ1) is 6.20. The van der Waals surface area contributed by atoms with Crippen molar-refractivity contribution < 1.29 is 17.9 Å². The summed E-state index contributed by atoms with van der Waals surface area (Å²) in [7, 11) is 0. The largest absolute Gasteiger partial charge is 0.489 e. The van der Waals surface area contributed by atoms with E-state index in [-0.39, 0.29) is 5.75 Å². The van der Waals surface area contributed by atoms with Crippen LogP contribution in [0.1, 0.15) is 0 Å². The van der Waals surface area contributed by atoms with Gasteiger partial charge in [-0.15, -0.1) is 0 Å². The highest BCUT2D eigenvalue weighted by Gasteiger charge is 2.19. The van der Waals surface area contributed by atoms with Gasteiger partial charge in [-0.3, -0.25) is 4.98 Å². The second-order valence-electron chi connectivity index (χ2n) is 2.35. The number of ether oxygens (including phenoxy) is 1. The van der Waals surface area contributed by atoms with E-state index in [0.29, 0.717) is 0 Å². The van der Waals surface area contributed by atoms with Gasteiger partial charge < -0.3 is 4.74 Å². The fourth-order valence-electron chi connectivity index (χ4n) is 0.681. The van der Waals surface area contributed by atoms with Crippen molar-refractivity contribution in [1.29, 1.82) is 0 Å². The molecule has 0 aliphatic heterocycles. The van der Waals surface area contributed by atoms with Crippen LogP contribution < -0.4 is 4.74 Å². The minimum absolute atomic E-state index is 0.283. The minimum atomic E-state index is -3.00. The smallest absolute Gasteiger partial charge is 0.272 e. The molecule has 1 rings (SSSR count). The zero-order valence-electron chi connectivity index (χ0n) is 6.66. The van der Waals surface area contributed by atoms with Gasteiger partial charge in [0.25, 0.3) is 6.43 Å². The molecule has 0 saturated carbocycles. The predicted molar refractivity (Wildman–Crippen MR) is 40.6 cm³/mol. The first-order valence-electron chi connectivity index (χ1n) is 3.65. The lowest BCUT2D eigenvalue weighted by atomic mass is 10.4. The van der Waals surface area contributed by atoms with Gasteiger partial charge in [0.05, 0.1) is 6.20 Å². The van der Waals surface area contributed by atoms with E-state index >= 15 is 0 Å². The van der Waals surface area contributed by atoms with Crippen molar-refractivity contribution in [3.05, 3.63) is 24.5 Å². The average molecular weight is 191 g/mol. The predicted octanol–water partition coefficient (Wildman–Crippen LogP) is 2.06. The molecule has 0 bridgehead atoms. The van der Waals surface area contributed by atoms with Crippen LogP contribution in [0.2, 0.25) is 0 Å². The summed E-state index contributed by atoms with van der Waals surface area (Å²) in [6, 6.07) is 3.09. The van der Waals surface area contributed by atoms with E-state index in [1.807, 2.05) is 0 Å². The molecule has 1 heterocycles. The number of alkyl halides is 3. The van der Waals surface area contributed by atoms with Gasteiger partial charge in [0.2, 0.25) is 0 Å². The molecule has 0 aliphatic carbocycles. The lowest BCUT2D eigenvalue weighted by molar-refractivity contribution is 0.0230. The number of halogens is 3. The lowest BCUT2D eigenvalue weighted by Crippen LogP contribution is -2.20. The molecule has 1 aromatic heterocycles. The van der Waals surface area contributed by atoms with Crippen LogP contribution in [0.15, 0.2) is 24.5 Å². The molecule has 0 saturated heterocycles. The van der Waals surface area contributed by atoms with Crippen molar-refractivity contribution in [1.82, 2.24) is 4.98 Å². The van der Waals surface area contributed by atoms with Crippen LogP contribution in [0, 0.1) is 0 Å². The lowest BCUT2D eigenvalue weighted by Gasteiger charge is -2.08. The van der Waals surface area contributed by atoms with E-state index in [1.54, 1.807) is 6.07 Å². The van der Waals surface area contributed by atoms with Crippen LogP contribution in [0.25, 0.3) is 0 Å². The number of hydrogen-bond donors (Lipinski definition) is 0. The summed E-state index contributed by atoms with van der Waals surface area (Å²) < 4.78 is 40.3. The molecule has 2 nitrogen and oxygen atoms in total. The van der Waals surface area contributed by atoms with Crippen molar-refractivity contribution in [2.24, 2.45) is 0 Å². The summed E-state index contributed by atoms with van der Waals surface area (Å²) in [5.41, 5.74) is 0. The highest BCUT2D eigenvalue weighted by atomic mass is 19.3. The summed E-state index contributed by atoms with van der Waals surface area (Å²) in [4.78, 5) is 3.67. The molecule has 0 spiro atoms. The van der Waals surface area contributed by atoms with Crippen LogP contribution in [0.3, 0.4) is 0 Å². The van der Waals surface area contributed by atoms with Crippen LogP contribution >= 0.6 is 0 Å². The SMILES string of the molecule is FC(F)C(F)COc1cccnc1. The molecule has 13 heavy (non-hydrogen) atoms. The molecule has 72 valence electrons. The van der Waals surface area contributed by atoms with E-state index in [4.69, 9.17) is 4.74 Å². The van der Waals surface area contributed by atoms with Gasteiger partial charge in [-0.25, -0.2) is 13.2 Å². The molecule has 0 fully saturated rings. The Bertz CT molecular complexity index is 242. The number of aromatic nitrogens is 1. The maximum atomic E-state index is 12.3. The van der Waals surface area contributed by atoms with Gasteiger partial charge in [0, 0.05) is 6.20 Å². The normalized spacial score (nSPS) is 12.9. The minimum Gasteiger partial charge on any atom is -0.489 e. The van der Waals surface area contributed by atoms with Crippen molar-refractivity contribution >= 4 is 0 Å². The Kier molecular flexibility index (Phi) is 3.54. The fraction of sp³-hybridized carbons (Fsp3) is 0.375. The maximum Gasteiger partial charge on any atom is 0.272 e. The third-order valence-electron chi connectivity index (χ3n) is 1.32. The van der Waals surface area contributed by atoms with Crippen LogP contribution in [0.5, 0.6) is 5.75 Å². The molecular formula is C8H8F3NO. The Balaban J connectivity index is 2.35. The van der Waals surface area contributed by atoms with E-state index in [2.05, 4.69) is 4.98 Å². The van der Waals surface area contributed by atoms with E-state index in [0.717, 1.165) is 0 Å². The van der Waals surface area contributed by atoms with Gasteiger partial charge in [-0.1, -0.05) is 0 Å². The Morgan fingerprint density at radius 2 is 2.15 bits per heavy atom. The number of pyridine rings is 1. The summed E-state index contributed by atoms with van der Waals surface area (Å²) in [6.07, 6.45) is -2.41. The van der Waals surface area contributed by atoms with E-state index in [9.17, 15) is 13.2 Å². The van der Waals surface area contributed by atoms with Gasteiger partial charge in [0.1, 0.15) is 12.4 Å². The molecule has 1 atom stereocenters. The zero-order chi connectivity index (χ0) is 9.68. The topological polar surface area (TPSA) is 22.1 Å². The first-order valence-corrected chi connectivity index (χ1v) is 3.65. The second-order valence-corrected chi connectivity index (χ2v) is 2.35. The molecule has 0 aliphatic rings. The van der Waals surface area contributed by atoms with Crippen molar-refractivity contribution in [3.8, 4) is 5.75 Å². The molecule has 1 unspecified atom stereocenters. The molecule has 1 aromatic rings. The van der Waals surface area contributed by atoms with Gasteiger partial charge in [-0.2, -0.15) is 0 Å². The zero-order valence-corrected chi connectivity index (χ0v) is 6.66. The number of rotatable bonds is 4. The number of hydrogen-bond acceptors (Lipinski definition) is 2. The Labute approximate surface area is 73.4 Å². The molecule has 0 aromatic carbocycles. The molecule has 0 amide bonds. The highest BCUT2D eigenvalue weighted by Crippen LogP contribution is 2.10. The van der Waals surface area contributed by atoms with Gasteiger partial charge in [-0.05, 0) is 12.1 Å². The summed E-state index contributed by atoms with van der Waals surface area (Å²) >= 11 is 0. The first kappa shape index (κ1) is 9.83. The Hall–Kier alpha value is -1.26. The number of nitrogens with zero attached hydrogens (tertiary/aromatic N) is 1. The van der Waals surface area contributed by atoms with Gasteiger partial charge >= 0.3 is 0 Å². The molecular weight excluding hydrogens is 183 g/mol. The second kappa shape index (κ2) is 4.69. The average Bonchev–Trinajstić information content (AvgIpc) is 2.15. The summed E-state index contributed by atoms with van der Waals surface area (Å²) in [5.74, 6) is 0.283. The summed E-state index contributed by atoms with van der Waals surface area (Å²) in [6.45, 7) is -0.649. The summed E-state index contributed by atoms with van der Waals surface area (Å²) in [5, 5.41) is 0. The van der Waals surface area contributed by atoms with Crippen LogP contribution in [0.4, 0.5) is 13.2 Å². The van der Waals surface area contributed by atoms with Crippen LogP contribution in [-0.2, 0) is 0 Å². The van der Waals surface area contributed by atoms with Crippen LogP contribution in [-0.4, -0.2) is 24.2 Å². The standard InChI is InChI=1S/C8H8F3NO/c9-7(8(10)11)5-13-6-2-1-3-12-4-6/h1-4,7-8H,5H2. The molecule has 5 heteroatoms. The van der Waals surface area contributed by atoms with E-state index < -0.39 is 19.2 Å². The fourth-order valence-corrected chi connectivity index (χ4v) is 0.681. The van der Waals surface area contributed by atoms with Crippen molar-refractivity contribution in [2.75, 3.05) is 6.61 Å².